The molecule has 0 amide bonds. The molecule has 0 spiro atoms. The summed E-state index contributed by atoms with van der Waals surface area (Å²) in [5.74, 6) is -4.58. The number of carboxylic acid groups (broad SMARTS) is 1. The molecule has 106 valence electrons. The van der Waals surface area contributed by atoms with Crippen molar-refractivity contribution in [2.24, 2.45) is 0 Å². The summed E-state index contributed by atoms with van der Waals surface area (Å²) >= 11 is 0. The standard InChI is InChI=1S/C11H13F2NO4S/c1-11(2,9(15)16)14-7-3-5-8(6-4-7)19(17,18)10(12)13/h3-6,10,14H,1-2H3,(H,15,16). The van der Waals surface area contributed by atoms with Gasteiger partial charge in [-0.15, -0.1) is 0 Å². The summed E-state index contributed by atoms with van der Waals surface area (Å²) in [5, 5.41) is 11.5. The third-order valence-electron chi connectivity index (χ3n) is 2.41. The number of sulfone groups is 1. The summed E-state index contributed by atoms with van der Waals surface area (Å²) < 4.78 is 46.9. The van der Waals surface area contributed by atoms with Gasteiger partial charge in [0.2, 0.25) is 9.84 Å². The number of carbonyl (C=O) groups is 1. The predicted octanol–water partition coefficient (Wildman–Crippen LogP) is 1.96. The van der Waals surface area contributed by atoms with Gasteiger partial charge in [-0.3, -0.25) is 0 Å². The number of hydrogen-bond donors (Lipinski definition) is 2. The minimum absolute atomic E-state index is 0.320. The van der Waals surface area contributed by atoms with Crippen LogP contribution in [-0.2, 0) is 14.6 Å². The molecule has 1 aromatic carbocycles. The second kappa shape index (κ2) is 5.12. The van der Waals surface area contributed by atoms with E-state index in [1.165, 1.54) is 26.0 Å². The minimum Gasteiger partial charge on any atom is -0.480 e. The Morgan fingerprint density at radius 2 is 1.74 bits per heavy atom. The molecule has 8 heteroatoms. The molecule has 19 heavy (non-hydrogen) atoms. The summed E-state index contributed by atoms with van der Waals surface area (Å²) in [7, 11) is -4.63. The molecule has 0 unspecified atom stereocenters. The molecule has 0 saturated carbocycles. The predicted molar refractivity (Wildman–Crippen MR) is 65.0 cm³/mol. The van der Waals surface area contributed by atoms with E-state index in [-0.39, 0.29) is 0 Å². The molecule has 0 fully saturated rings. The SMILES string of the molecule is CC(C)(Nc1ccc(S(=O)(=O)C(F)F)cc1)C(=O)O. The van der Waals surface area contributed by atoms with E-state index in [4.69, 9.17) is 5.11 Å². The maximum Gasteiger partial charge on any atom is 0.341 e. The molecule has 0 aliphatic heterocycles. The number of hydrogen-bond acceptors (Lipinski definition) is 4. The van der Waals surface area contributed by atoms with Crippen LogP contribution < -0.4 is 5.32 Å². The van der Waals surface area contributed by atoms with Gasteiger partial charge in [0, 0.05) is 5.69 Å². The normalized spacial score (nSPS) is 12.5. The van der Waals surface area contributed by atoms with Crippen LogP contribution in [0.1, 0.15) is 13.8 Å². The second-order valence-corrected chi connectivity index (χ2v) is 6.30. The van der Waals surface area contributed by atoms with E-state index >= 15 is 0 Å². The van der Waals surface area contributed by atoms with E-state index in [1.54, 1.807) is 0 Å². The maximum absolute atomic E-state index is 12.3. The zero-order valence-corrected chi connectivity index (χ0v) is 11.0. The maximum atomic E-state index is 12.3. The van der Waals surface area contributed by atoms with Crippen LogP contribution in [0.25, 0.3) is 0 Å². The van der Waals surface area contributed by atoms with Crippen molar-refractivity contribution >= 4 is 21.5 Å². The molecular weight excluding hydrogens is 280 g/mol. The van der Waals surface area contributed by atoms with Gasteiger partial charge in [-0.25, -0.2) is 13.2 Å². The molecule has 0 heterocycles. The third-order valence-corrected chi connectivity index (χ3v) is 3.81. The molecule has 1 aromatic rings. The van der Waals surface area contributed by atoms with Crippen LogP contribution in [0.15, 0.2) is 29.2 Å². The summed E-state index contributed by atoms with van der Waals surface area (Å²) in [6.07, 6.45) is 0. The Balaban J connectivity index is 2.99. The number of aliphatic carboxylic acids is 1. The highest BCUT2D eigenvalue weighted by molar-refractivity contribution is 7.91. The van der Waals surface area contributed by atoms with Crippen molar-refractivity contribution < 1.29 is 27.1 Å². The van der Waals surface area contributed by atoms with Crippen molar-refractivity contribution in [3.05, 3.63) is 24.3 Å². The smallest absolute Gasteiger partial charge is 0.341 e. The largest absolute Gasteiger partial charge is 0.480 e. The van der Waals surface area contributed by atoms with E-state index in [0.29, 0.717) is 5.69 Å². The first-order chi connectivity index (χ1) is 8.57. The van der Waals surface area contributed by atoms with Gasteiger partial charge in [0.1, 0.15) is 5.54 Å². The molecule has 0 aliphatic carbocycles. The Bertz CT molecular complexity index is 567. The lowest BCUT2D eigenvalue weighted by Gasteiger charge is -2.22. The molecule has 2 N–H and O–H groups in total. The van der Waals surface area contributed by atoms with Gasteiger partial charge in [0.25, 0.3) is 0 Å². The summed E-state index contributed by atoms with van der Waals surface area (Å²) in [6, 6.07) is 4.48. The van der Waals surface area contributed by atoms with Gasteiger partial charge in [0.15, 0.2) is 0 Å². The topological polar surface area (TPSA) is 83.5 Å². The van der Waals surface area contributed by atoms with Crippen molar-refractivity contribution in [1.82, 2.24) is 0 Å². The molecule has 0 radical (unpaired) electrons. The Kier molecular flexibility index (Phi) is 4.14. The zero-order valence-electron chi connectivity index (χ0n) is 10.2. The van der Waals surface area contributed by atoms with Crippen LogP contribution in [0.4, 0.5) is 14.5 Å². The fourth-order valence-electron chi connectivity index (χ4n) is 1.25. The lowest BCUT2D eigenvalue weighted by atomic mass is 10.1. The van der Waals surface area contributed by atoms with Gasteiger partial charge in [-0.05, 0) is 38.1 Å². The fourth-order valence-corrected chi connectivity index (χ4v) is 1.97. The number of carboxylic acids is 1. The van der Waals surface area contributed by atoms with Gasteiger partial charge < -0.3 is 10.4 Å². The highest BCUT2D eigenvalue weighted by atomic mass is 32.2. The number of benzene rings is 1. The van der Waals surface area contributed by atoms with E-state index in [0.717, 1.165) is 12.1 Å². The first-order valence-corrected chi connectivity index (χ1v) is 6.76. The van der Waals surface area contributed by atoms with Gasteiger partial charge in [0.05, 0.1) is 4.90 Å². The van der Waals surface area contributed by atoms with Crippen molar-refractivity contribution in [2.75, 3.05) is 5.32 Å². The third kappa shape index (κ3) is 3.40. The molecule has 0 bridgehead atoms. The Morgan fingerprint density at radius 3 is 2.11 bits per heavy atom. The average molecular weight is 293 g/mol. The Labute approximate surface area is 109 Å². The van der Waals surface area contributed by atoms with Crippen LogP contribution in [0.5, 0.6) is 0 Å². The Morgan fingerprint density at radius 1 is 1.26 bits per heavy atom. The molecular formula is C11H13F2NO4S. The van der Waals surface area contributed by atoms with Crippen LogP contribution in [-0.4, -0.2) is 30.8 Å². The number of alkyl halides is 2. The quantitative estimate of drug-likeness (QED) is 0.867. The van der Waals surface area contributed by atoms with E-state index in [9.17, 15) is 22.0 Å². The number of rotatable bonds is 5. The van der Waals surface area contributed by atoms with Crippen molar-refractivity contribution in [1.29, 1.82) is 0 Å². The summed E-state index contributed by atoms with van der Waals surface area (Å²) in [6.45, 7) is 2.83. The number of nitrogens with one attached hydrogen (secondary N) is 1. The van der Waals surface area contributed by atoms with Crippen LogP contribution in [0.2, 0.25) is 0 Å². The summed E-state index contributed by atoms with van der Waals surface area (Å²) in [4.78, 5) is 10.4. The van der Waals surface area contributed by atoms with E-state index in [1.807, 2.05) is 0 Å². The molecule has 0 atom stereocenters. The van der Waals surface area contributed by atoms with Crippen molar-refractivity contribution in [3.8, 4) is 0 Å². The average Bonchev–Trinajstić information content (AvgIpc) is 2.28. The summed E-state index contributed by atoms with van der Waals surface area (Å²) in [5.41, 5.74) is -0.941. The van der Waals surface area contributed by atoms with Crippen LogP contribution in [0, 0.1) is 0 Å². The minimum atomic E-state index is -4.63. The zero-order chi connectivity index (χ0) is 14.8. The lowest BCUT2D eigenvalue weighted by molar-refractivity contribution is -0.141. The van der Waals surface area contributed by atoms with Gasteiger partial charge in [-0.1, -0.05) is 0 Å². The molecule has 5 nitrogen and oxygen atoms in total. The van der Waals surface area contributed by atoms with Crippen LogP contribution in [0.3, 0.4) is 0 Å². The molecule has 1 rings (SSSR count). The highest BCUT2D eigenvalue weighted by Crippen LogP contribution is 2.22. The van der Waals surface area contributed by atoms with E-state index < -0.39 is 32.0 Å². The number of halogens is 2. The molecule has 0 aliphatic rings. The second-order valence-electron chi connectivity index (χ2n) is 4.39. The molecule has 0 aromatic heterocycles. The van der Waals surface area contributed by atoms with Gasteiger partial charge in [-0.2, -0.15) is 8.78 Å². The van der Waals surface area contributed by atoms with Gasteiger partial charge >= 0.3 is 11.7 Å². The van der Waals surface area contributed by atoms with Crippen molar-refractivity contribution in [2.45, 2.75) is 30.0 Å². The van der Waals surface area contributed by atoms with E-state index in [2.05, 4.69) is 5.32 Å². The first-order valence-electron chi connectivity index (χ1n) is 5.21. The highest BCUT2D eigenvalue weighted by Gasteiger charge is 2.28. The first kappa shape index (κ1) is 15.4. The fraction of sp³-hybridized carbons (Fsp3) is 0.364. The lowest BCUT2D eigenvalue weighted by Crippen LogP contribution is -2.39. The van der Waals surface area contributed by atoms with Crippen LogP contribution >= 0.6 is 0 Å². The Hall–Kier alpha value is -1.70. The number of anilines is 1. The monoisotopic (exact) mass is 293 g/mol. The van der Waals surface area contributed by atoms with Crippen molar-refractivity contribution in [3.63, 3.8) is 0 Å². The molecule has 0 saturated heterocycles.